The molecule has 0 aliphatic heterocycles. The van der Waals surface area contributed by atoms with Gasteiger partial charge in [0.05, 0.1) is 1.37 Å². The maximum atomic E-state index is 7.91. The molecule has 0 heteroatoms. The van der Waals surface area contributed by atoms with Crippen molar-refractivity contribution in [3.63, 3.8) is 0 Å². The highest BCUT2D eigenvalue weighted by atomic mass is 13.9. The third-order valence-electron chi connectivity index (χ3n) is 1.98. The smallest absolute Gasteiger partial charge is 0.0622 e. The molecule has 0 saturated carbocycles. The molecule has 0 nitrogen and oxygen atoms in total. The Hall–Kier alpha value is -1.82. The van der Waals surface area contributed by atoms with E-state index in [9.17, 15) is 0 Å². The summed E-state index contributed by atoms with van der Waals surface area (Å²) in [5.41, 5.74) is 2.01. The first kappa shape index (κ1) is 7.57. The van der Waals surface area contributed by atoms with Crippen molar-refractivity contribution in [1.82, 2.24) is 0 Å². The van der Waals surface area contributed by atoms with Crippen molar-refractivity contribution in [2.24, 2.45) is 0 Å². The summed E-state index contributed by atoms with van der Waals surface area (Å²) < 4.78 is 7.91. The quantitative estimate of drug-likeness (QED) is 0.617. The van der Waals surface area contributed by atoms with Gasteiger partial charge in [-0.1, -0.05) is 72.8 Å². The highest BCUT2D eigenvalue weighted by Gasteiger charge is 1.84. The number of hydrogen-bond acceptors (Lipinski definition) is 0. The molecule has 68 valence electrons. The molecule has 0 aliphatic carbocycles. The van der Waals surface area contributed by atoms with Gasteiger partial charge in [0.2, 0.25) is 0 Å². The maximum absolute atomic E-state index is 7.91. The van der Waals surface area contributed by atoms with Crippen LogP contribution in [-0.4, -0.2) is 0 Å². The van der Waals surface area contributed by atoms with Crippen LogP contribution in [-0.2, 0) is 0 Å². The monoisotopic (exact) mass is 181 g/mol. The fraction of sp³-hybridized carbons (Fsp3) is 0. The minimum absolute atomic E-state index is 0.543. The summed E-state index contributed by atoms with van der Waals surface area (Å²) in [6.07, 6.45) is 1.87. The summed E-state index contributed by atoms with van der Waals surface area (Å²) in [6.45, 7) is 0. The van der Waals surface area contributed by atoms with Gasteiger partial charge in [-0.15, -0.1) is 0 Å². The van der Waals surface area contributed by atoms with Gasteiger partial charge in [-0.25, -0.2) is 0 Å². The van der Waals surface area contributed by atoms with Crippen LogP contribution < -0.4 is 0 Å². The molecule has 0 amide bonds. The fourth-order valence-corrected chi connectivity index (χ4v) is 1.25. The van der Waals surface area contributed by atoms with Gasteiger partial charge in [0.25, 0.3) is 0 Å². The van der Waals surface area contributed by atoms with Crippen LogP contribution in [0.15, 0.2) is 60.7 Å². The van der Waals surface area contributed by atoms with E-state index in [-0.39, 0.29) is 0 Å². The third kappa shape index (κ3) is 2.33. The molecule has 14 heavy (non-hydrogen) atoms. The molecule has 0 radical (unpaired) electrons. The molecule has 0 spiro atoms. The Bertz CT molecular complexity index is 443. The van der Waals surface area contributed by atoms with E-state index < -0.39 is 0 Å². The summed E-state index contributed by atoms with van der Waals surface area (Å²) in [5.74, 6) is 0. The normalized spacial score (nSPS) is 12.3. The Balaban J connectivity index is 2.29. The minimum Gasteiger partial charge on any atom is -0.0622 e. The summed E-state index contributed by atoms with van der Waals surface area (Å²) in [6, 6.07) is 20.2. The van der Waals surface area contributed by atoms with Crippen molar-refractivity contribution in [2.45, 2.75) is 0 Å². The number of hydrogen-bond donors (Lipinski definition) is 0. The average molecular weight is 181 g/mol. The van der Waals surface area contributed by atoms with Crippen molar-refractivity contribution in [3.05, 3.63) is 71.8 Å². The Kier molecular flexibility index (Phi) is 2.39. The van der Waals surface area contributed by atoms with Crippen LogP contribution in [0, 0.1) is 0 Å². The zero-order valence-electron chi connectivity index (χ0n) is 8.85. The predicted molar refractivity (Wildman–Crippen MR) is 61.8 cm³/mol. The molecule has 0 heterocycles. The second-order valence-corrected chi connectivity index (χ2v) is 3.07. The lowest BCUT2D eigenvalue weighted by Gasteiger charge is -1.92. The van der Waals surface area contributed by atoms with E-state index in [4.69, 9.17) is 1.37 Å². The first-order chi connectivity index (χ1) is 7.36. The minimum atomic E-state index is 0.543. The number of rotatable bonds is 2. The molecule has 0 bridgehead atoms. The molecular formula is C14H12. The van der Waals surface area contributed by atoms with Crippen LogP contribution in [0.1, 0.15) is 12.5 Å². The summed E-state index contributed by atoms with van der Waals surface area (Å²) in [5, 5.41) is 0. The van der Waals surface area contributed by atoms with E-state index >= 15 is 0 Å². The highest BCUT2D eigenvalue weighted by Crippen LogP contribution is 2.06. The Morgan fingerprint density at radius 3 is 1.79 bits per heavy atom. The summed E-state index contributed by atoms with van der Waals surface area (Å²) >= 11 is 0. The van der Waals surface area contributed by atoms with E-state index in [2.05, 4.69) is 0 Å². The summed E-state index contributed by atoms with van der Waals surface area (Å²) in [7, 11) is 0. The van der Waals surface area contributed by atoms with Gasteiger partial charge in [0.15, 0.2) is 0 Å². The standard InChI is InChI=1S/C14H12/c1-3-7-13(8-4-1)11-12-14-9-5-2-6-10-14/h1-12H/i11D. The zero-order chi connectivity index (χ0) is 10.5. The van der Waals surface area contributed by atoms with E-state index in [0.717, 1.165) is 11.1 Å². The molecule has 0 aromatic heterocycles. The average Bonchev–Trinajstić information content (AvgIpc) is 2.31. The summed E-state index contributed by atoms with van der Waals surface area (Å²) in [4.78, 5) is 0. The molecule has 0 fully saturated rings. The van der Waals surface area contributed by atoms with Crippen LogP contribution in [0.25, 0.3) is 12.1 Å². The molecule has 0 unspecified atom stereocenters. The SMILES string of the molecule is [2H]C(=Cc1ccccc1)c1ccccc1. The lowest BCUT2D eigenvalue weighted by atomic mass is 10.1. The van der Waals surface area contributed by atoms with Gasteiger partial charge in [-0.05, 0) is 11.1 Å². The van der Waals surface area contributed by atoms with Crippen molar-refractivity contribution < 1.29 is 1.37 Å². The van der Waals surface area contributed by atoms with Crippen molar-refractivity contribution >= 4 is 12.1 Å². The molecule has 0 N–H and O–H groups in total. The number of benzene rings is 2. The van der Waals surface area contributed by atoms with Crippen LogP contribution in [0.5, 0.6) is 0 Å². The lowest BCUT2D eigenvalue weighted by Crippen LogP contribution is -1.70. The molecule has 0 aliphatic rings. The van der Waals surface area contributed by atoms with Gasteiger partial charge >= 0.3 is 0 Å². The fourth-order valence-electron chi connectivity index (χ4n) is 1.25. The Morgan fingerprint density at radius 2 is 1.21 bits per heavy atom. The second kappa shape index (κ2) is 4.43. The Morgan fingerprint density at radius 1 is 0.714 bits per heavy atom. The molecule has 0 atom stereocenters. The van der Waals surface area contributed by atoms with E-state index in [1.54, 1.807) is 0 Å². The van der Waals surface area contributed by atoms with Crippen LogP contribution in [0.2, 0.25) is 0 Å². The second-order valence-electron chi connectivity index (χ2n) is 3.07. The topological polar surface area (TPSA) is 0 Å². The molecule has 2 rings (SSSR count). The van der Waals surface area contributed by atoms with E-state index in [1.165, 1.54) is 0 Å². The van der Waals surface area contributed by atoms with Gasteiger partial charge in [0, 0.05) is 0 Å². The highest BCUT2D eigenvalue weighted by molar-refractivity contribution is 5.69. The largest absolute Gasteiger partial charge is 0.0629 e. The van der Waals surface area contributed by atoms with Crippen molar-refractivity contribution in [3.8, 4) is 0 Å². The lowest BCUT2D eigenvalue weighted by molar-refractivity contribution is 1.65. The molecule has 0 saturated heterocycles. The van der Waals surface area contributed by atoms with Gasteiger partial charge in [-0.2, -0.15) is 0 Å². The van der Waals surface area contributed by atoms with Crippen molar-refractivity contribution in [1.29, 1.82) is 0 Å². The van der Waals surface area contributed by atoms with Crippen LogP contribution in [0.3, 0.4) is 0 Å². The van der Waals surface area contributed by atoms with Crippen molar-refractivity contribution in [2.75, 3.05) is 0 Å². The first-order valence-corrected chi connectivity index (χ1v) is 4.65. The van der Waals surface area contributed by atoms with E-state index in [0.29, 0.717) is 6.05 Å². The maximum Gasteiger partial charge on any atom is 0.0629 e. The molecule has 2 aromatic rings. The van der Waals surface area contributed by atoms with E-state index in [1.807, 2.05) is 66.7 Å². The van der Waals surface area contributed by atoms with Gasteiger partial charge in [0.1, 0.15) is 0 Å². The van der Waals surface area contributed by atoms with Crippen LogP contribution >= 0.6 is 0 Å². The van der Waals surface area contributed by atoms with Gasteiger partial charge in [-0.3, -0.25) is 0 Å². The van der Waals surface area contributed by atoms with Gasteiger partial charge < -0.3 is 0 Å². The predicted octanol–water partition coefficient (Wildman–Crippen LogP) is 3.86. The molecular weight excluding hydrogens is 168 g/mol. The Labute approximate surface area is 85.9 Å². The van der Waals surface area contributed by atoms with Crippen LogP contribution in [0.4, 0.5) is 0 Å². The first-order valence-electron chi connectivity index (χ1n) is 5.15. The third-order valence-corrected chi connectivity index (χ3v) is 1.98. The zero-order valence-corrected chi connectivity index (χ0v) is 7.85. The molecule has 2 aromatic carbocycles.